The van der Waals surface area contributed by atoms with Crippen molar-refractivity contribution in [2.75, 3.05) is 19.0 Å². The summed E-state index contributed by atoms with van der Waals surface area (Å²) in [5, 5.41) is 3.27. The molecule has 1 N–H and O–H groups in total. The van der Waals surface area contributed by atoms with Crippen LogP contribution in [-0.4, -0.2) is 23.6 Å². The molecular weight excluding hydrogens is 238 g/mol. The molecule has 0 spiro atoms. The molecule has 0 aliphatic heterocycles. The Morgan fingerprint density at radius 3 is 2.68 bits per heavy atom. The van der Waals surface area contributed by atoms with E-state index in [1.807, 2.05) is 38.1 Å². The van der Waals surface area contributed by atoms with Crippen LogP contribution in [0.2, 0.25) is 0 Å². The van der Waals surface area contributed by atoms with Gasteiger partial charge in [-0.15, -0.1) is 0 Å². The number of anilines is 1. The molecule has 1 aromatic carbocycles. The zero-order chi connectivity index (χ0) is 13.8. The van der Waals surface area contributed by atoms with E-state index >= 15 is 0 Å². The second-order valence-corrected chi connectivity index (χ2v) is 4.36. The number of hydrogen-bond acceptors (Lipinski definition) is 4. The number of rotatable bonds is 4. The lowest BCUT2D eigenvalue weighted by Crippen LogP contribution is -2.06. The molecule has 0 unspecified atom stereocenters. The standard InChI is InChI=1S/C15H19N3O/c1-5-16-15-10(2)14(17-11(3)18-15)12-7-6-8-13(9-12)19-4/h6-9H,5H2,1-4H3,(H,16,17,18). The normalized spacial score (nSPS) is 10.3. The minimum Gasteiger partial charge on any atom is -0.497 e. The van der Waals surface area contributed by atoms with Crippen LogP contribution in [-0.2, 0) is 0 Å². The van der Waals surface area contributed by atoms with Crippen molar-refractivity contribution in [1.29, 1.82) is 0 Å². The fraction of sp³-hybridized carbons (Fsp3) is 0.333. The van der Waals surface area contributed by atoms with Crippen molar-refractivity contribution in [2.45, 2.75) is 20.8 Å². The Kier molecular flexibility index (Phi) is 4.00. The van der Waals surface area contributed by atoms with Crippen LogP contribution in [0.3, 0.4) is 0 Å². The monoisotopic (exact) mass is 257 g/mol. The van der Waals surface area contributed by atoms with Gasteiger partial charge in [-0.05, 0) is 32.9 Å². The average Bonchev–Trinajstić information content (AvgIpc) is 2.43. The van der Waals surface area contributed by atoms with Crippen molar-refractivity contribution in [3.63, 3.8) is 0 Å². The van der Waals surface area contributed by atoms with Gasteiger partial charge in [-0.25, -0.2) is 9.97 Å². The maximum absolute atomic E-state index is 5.27. The van der Waals surface area contributed by atoms with E-state index in [1.165, 1.54) is 0 Å². The highest BCUT2D eigenvalue weighted by Crippen LogP contribution is 2.28. The van der Waals surface area contributed by atoms with Gasteiger partial charge in [0.25, 0.3) is 0 Å². The molecule has 0 radical (unpaired) electrons. The van der Waals surface area contributed by atoms with Crippen LogP contribution in [0, 0.1) is 13.8 Å². The molecule has 0 atom stereocenters. The van der Waals surface area contributed by atoms with Crippen LogP contribution in [0.1, 0.15) is 18.3 Å². The van der Waals surface area contributed by atoms with Gasteiger partial charge >= 0.3 is 0 Å². The predicted octanol–water partition coefficient (Wildman–Crippen LogP) is 3.20. The molecule has 0 saturated heterocycles. The quantitative estimate of drug-likeness (QED) is 0.913. The molecule has 2 aromatic rings. The van der Waals surface area contributed by atoms with Gasteiger partial charge < -0.3 is 10.1 Å². The fourth-order valence-electron chi connectivity index (χ4n) is 2.02. The topological polar surface area (TPSA) is 47.0 Å². The molecule has 4 nitrogen and oxygen atoms in total. The largest absolute Gasteiger partial charge is 0.497 e. The Labute approximate surface area is 113 Å². The Morgan fingerprint density at radius 2 is 2.00 bits per heavy atom. The van der Waals surface area contributed by atoms with E-state index < -0.39 is 0 Å². The van der Waals surface area contributed by atoms with Crippen LogP contribution < -0.4 is 10.1 Å². The molecule has 0 fully saturated rings. The highest BCUT2D eigenvalue weighted by atomic mass is 16.5. The summed E-state index contributed by atoms with van der Waals surface area (Å²) in [6, 6.07) is 7.92. The third kappa shape index (κ3) is 2.84. The molecule has 1 heterocycles. The number of hydrogen-bond donors (Lipinski definition) is 1. The van der Waals surface area contributed by atoms with E-state index in [9.17, 15) is 0 Å². The first-order chi connectivity index (χ1) is 9.15. The summed E-state index contributed by atoms with van der Waals surface area (Å²) in [7, 11) is 1.67. The van der Waals surface area contributed by atoms with Crippen molar-refractivity contribution in [1.82, 2.24) is 9.97 Å². The van der Waals surface area contributed by atoms with Crippen LogP contribution in [0.5, 0.6) is 5.75 Å². The second kappa shape index (κ2) is 5.69. The third-order valence-corrected chi connectivity index (χ3v) is 2.95. The van der Waals surface area contributed by atoms with Crippen LogP contribution in [0.25, 0.3) is 11.3 Å². The van der Waals surface area contributed by atoms with E-state index in [4.69, 9.17) is 4.74 Å². The first-order valence-electron chi connectivity index (χ1n) is 6.39. The molecular formula is C15H19N3O. The summed E-state index contributed by atoms with van der Waals surface area (Å²) in [5.74, 6) is 2.49. The van der Waals surface area contributed by atoms with Gasteiger partial charge in [0, 0.05) is 17.7 Å². The van der Waals surface area contributed by atoms with E-state index in [0.717, 1.165) is 40.8 Å². The maximum atomic E-state index is 5.27. The maximum Gasteiger partial charge on any atom is 0.133 e. The van der Waals surface area contributed by atoms with Crippen LogP contribution >= 0.6 is 0 Å². The number of nitrogens with one attached hydrogen (secondary N) is 1. The lowest BCUT2D eigenvalue weighted by molar-refractivity contribution is 0.415. The summed E-state index contributed by atoms with van der Waals surface area (Å²) < 4.78 is 5.27. The molecule has 0 aliphatic carbocycles. The summed E-state index contributed by atoms with van der Waals surface area (Å²) in [5.41, 5.74) is 3.05. The fourth-order valence-corrected chi connectivity index (χ4v) is 2.02. The van der Waals surface area contributed by atoms with Gasteiger partial charge in [0.05, 0.1) is 12.8 Å². The third-order valence-electron chi connectivity index (χ3n) is 2.95. The first kappa shape index (κ1) is 13.3. The number of aromatic nitrogens is 2. The molecule has 0 amide bonds. The summed E-state index contributed by atoms with van der Waals surface area (Å²) >= 11 is 0. The lowest BCUT2D eigenvalue weighted by atomic mass is 10.1. The Balaban J connectivity index is 2.54. The minimum absolute atomic E-state index is 0.763. The molecule has 4 heteroatoms. The summed E-state index contributed by atoms with van der Waals surface area (Å²) in [6.07, 6.45) is 0. The van der Waals surface area contributed by atoms with Gasteiger partial charge in [-0.3, -0.25) is 0 Å². The van der Waals surface area contributed by atoms with Crippen LogP contribution in [0.4, 0.5) is 5.82 Å². The molecule has 100 valence electrons. The first-order valence-corrected chi connectivity index (χ1v) is 6.39. The minimum atomic E-state index is 0.763. The van der Waals surface area contributed by atoms with Gasteiger partial charge in [0.1, 0.15) is 17.4 Å². The van der Waals surface area contributed by atoms with Crippen molar-refractivity contribution in [2.24, 2.45) is 0 Å². The highest BCUT2D eigenvalue weighted by molar-refractivity contribution is 5.69. The van der Waals surface area contributed by atoms with Gasteiger partial charge in [-0.1, -0.05) is 12.1 Å². The SMILES string of the molecule is CCNc1nc(C)nc(-c2cccc(OC)c2)c1C. The molecule has 1 aromatic heterocycles. The molecule has 0 saturated carbocycles. The van der Waals surface area contributed by atoms with Crippen LogP contribution in [0.15, 0.2) is 24.3 Å². The van der Waals surface area contributed by atoms with Crippen molar-refractivity contribution >= 4 is 5.82 Å². The smallest absolute Gasteiger partial charge is 0.133 e. The summed E-state index contributed by atoms with van der Waals surface area (Å²) in [6.45, 7) is 6.84. The number of benzene rings is 1. The zero-order valence-electron chi connectivity index (χ0n) is 11.8. The van der Waals surface area contributed by atoms with E-state index in [1.54, 1.807) is 7.11 Å². The Morgan fingerprint density at radius 1 is 1.21 bits per heavy atom. The van der Waals surface area contributed by atoms with Gasteiger partial charge in [-0.2, -0.15) is 0 Å². The second-order valence-electron chi connectivity index (χ2n) is 4.36. The Hall–Kier alpha value is -2.10. The number of nitrogens with zero attached hydrogens (tertiary/aromatic N) is 2. The number of ether oxygens (including phenoxy) is 1. The molecule has 2 rings (SSSR count). The summed E-state index contributed by atoms with van der Waals surface area (Å²) in [4.78, 5) is 8.99. The predicted molar refractivity (Wildman–Crippen MR) is 77.7 cm³/mol. The number of aryl methyl sites for hydroxylation is 1. The van der Waals surface area contributed by atoms with Gasteiger partial charge in [0.2, 0.25) is 0 Å². The zero-order valence-corrected chi connectivity index (χ0v) is 11.8. The lowest BCUT2D eigenvalue weighted by Gasteiger charge is -2.12. The van der Waals surface area contributed by atoms with E-state index in [-0.39, 0.29) is 0 Å². The van der Waals surface area contributed by atoms with Crippen molar-refractivity contribution < 1.29 is 4.74 Å². The van der Waals surface area contributed by atoms with Crippen molar-refractivity contribution in [3.8, 4) is 17.0 Å². The van der Waals surface area contributed by atoms with E-state index in [2.05, 4.69) is 22.2 Å². The Bertz CT molecular complexity index is 582. The van der Waals surface area contributed by atoms with Crippen molar-refractivity contribution in [3.05, 3.63) is 35.7 Å². The average molecular weight is 257 g/mol. The van der Waals surface area contributed by atoms with E-state index in [0.29, 0.717) is 0 Å². The highest BCUT2D eigenvalue weighted by Gasteiger charge is 2.11. The molecule has 0 bridgehead atoms. The van der Waals surface area contributed by atoms with Gasteiger partial charge in [0.15, 0.2) is 0 Å². The molecule has 19 heavy (non-hydrogen) atoms. The molecule has 0 aliphatic rings. The number of methoxy groups -OCH3 is 1.